The van der Waals surface area contributed by atoms with Crippen LogP contribution in [0.15, 0.2) is 46.0 Å². The molecule has 0 bridgehead atoms. The predicted octanol–water partition coefficient (Wildman–Crippen LogP) is 2.63. The molecule has 0 unspecified atom stereocenters. The van der Waals surface area contributed by atoms with Crippen molar-refractivity contribution < 1.29 is 19.6 Å². The highest BCUT2D eigenvalue weighted by Crippen LogP contribution is 2.36. The van der Waals surface area contributed by atoms with E-state index in [1.165, 1.54) is 19.4 Å². The first-order valence-corrected chi connectivity index (χ1v) is 8.06. The average Bonchev–Trinajstić information content (AvgIpc) is 2.62. The molecule has 0 saturated heterocycles. The molecule has 0 aliphatic rings. The second-order valence-electron chi connectivity index (χ2n) is 5.00. The number of nitrogens with one attached hydrogen (secondary N) is 2. The summed E-state index contributed by atoms with van der Waals surface area (Å²) in [6.45, 7) is -0.00197. The molecule has 2 aromatic rings. The molecule has 10 heteroatoms. The highest BCUT2D eigenvalue weighted by atomic mass is 79.9. The summed E-state index contributed by atoms with van der Waals surface area (Å²) in [5.74, 6) is -1.04. The SMILES string of the molecule is COc1cc(/C=N\NC(=O)CNc2ccc(Br)cc2)cc([N+](=O)[O-])c1O. The molecule has 0 heterocycles. The third-order valence-electron chi connectivity index (χ3n) is 3.19. The lowest BCUT2D eigenvalue weighted by Crippen LogP contribution is -2.25. The van der Waals surface area contributed by atoms with Crippen molar-refractivity contribution in [1.82, 2.24) is 5.43 Å². The average molecular weight is 423 g/mol. The van der Waals surface area contributed by atoms with Gasteiger partial charge in [-0.1, -0.05) is 15.9 Å². The van der Waals surface area contributed by atoms with E-state index in [1.54, 1.807) is 0 Å². The van der Waals surface area contributed by atoms with E-state index in [0.29, 0.717) is 0 Å². The van der Waals surface area contributed by atoms with Crippen LogP contribution in [-0.2, 0) is 4.79 Å². The summed E-state index contributed by atoms with van der Waals surface area (Å²) in [5, 5.41) is 27.3. The number of halogens is 1. The van der Waals surface area contributed by atoms with Crippen molar-refractivity contribution in [1.29, 1.82) is 0 Å². The van der Waals surface area contributed by atoms with Gasteiger partial charge in [0.1, 0.15) is 0 Å². The number of rotatable bonds is 7. The first-order chi connectivity index (χ1) is 12.4. The van der Waals surface area contributed by atoms with Gasteiger partial charge in [-0.05, 0) is 30.3 Å². The Morgan fingerprint density at radius 1 is 1.38 bits per heavy atom. The van der Waals surface area contributed by atoms with Crippen molar-refractivity contribution >= 4 is 39.4 Å². The number of ether oxygens (including phenoxy) is 1. The molecule has 0 aromatic heterocycles. The summed E-state index contributed by atoms with van der Waals surface area (Å²) in [5.41, 5.74) is 2.83. The smallest absolute Gasteiger partial charge is 0.315 e. The van der Waals surface area contributed by atoms with Gasteiger partial charge in [-0.25, -0.2) is 5.43 Å². The van der Waals surface area contributed by atoms with Crippen LogP contribution >= 0.6 is 15.9 Å². The fourth-order valence-electron chi connectivity index (χ4n) is 1.95. The molecule has 2 rings (SSSR count). The van der Waals surface area contributed by atoms with Crippen molar-refractivity contribution in [2.24, 2.45) is 5.10 Å². The zero-order valence-electron chi connectivity index (χ0n) is 13.6. The number of nitro groups is 1. The Morgan fingerprint density at radius 2 is 2.08 bits per heavy atom. The fourth-order valence-corrected chi connectivity index (χ4v) is 2.22. The van der Waals surface area contributed by atoms with Gasteiger partial charge in [-0.15, -0.1) is 0 Å². The number of carbonyl (C=O) groups is 1. The van der Waals surface area contributed by atoms with Gasteiger partial charge in [0.25, 0.3) is 5.91 Å². The molecular formula is C16H15BrN4O5. The highest BCUT2D eigenvalue weighted by molar-refractivity contribution is 9.10. The van der Waals surface area contributed by atoms with Crippen molar-refractivity contribution in [3.63, 3.8) is 0 Å². The van der Waals surface area contributed by atoms with E-state index in [9.17, 15) is 20.0 Å². The molecule has 136 valence electrons. The summed E-state index contributed by atoms with van der Waals surface area (Å²) in [6.07, 6.45) is 1.21. The molecule has 26 heavy (non-hydrogen) atoms. The number of benzene rings is 2. The Labute approximate surface area is 157 Å². The van der Waals surface area contributed by atoms with Gasteiger partial charge >= 0.3 is 5.69 Å². The monoisotopic (exact) mass is 422 g/mol. The summed E-state index contributed by atoms with van der Waals surface area (Å²) >= 11 is 3.32. The van der Waals surface area contributed by atoms with Gasteiger partial charge in [0.15, 0.2) is 5.75 Å². The molecule has 1 amide bonds. The maximum Gasteiger partial charge on any atom is 0.315 e. The van der Waals surface area contributed by atoms with Gasteiger partial charge in [0, 0.05) is 21.8 Å². The number of nitro benzene ring substituents is 1. The van der Waals surface area contributed by atoms with Crippen molar-refractivity contribution in [2.45, 2.75) is 0 Å². The zero-order chi connectivity index (χ0) is 19.1. The van der Waals surface area contributed by atoms with Gasteiger partial charge in [-0.2, -0.15) is 5.10 Å². The van der Waals surface area contributed by atoms with Crippen LogP contribution in [0.5, 0.6) is 11.5 Å². The Kier molecular flexibility index (Phi) is 6.50. The summed E-state index contributed by atoms with van der Waals surface area (Å²) < 4.78 is 5.81. The Bertz CT molecular complexity index is 839. The maximum atomic E-state index is 11.8. The van der Waals surface area contributed by atoms with Crippen LogP contribution < -0.4 is 15.5 Å². The quantitative estimate of drug-likeness (QED) is 0.357. The van der Waals surface area contributed by atoms with Gasteiger partial charge < -0.3 is 15.2 Å². The topological polar surface area (TPSA) is 126 Å². The number of phenols is 1. The molecule has 0 fully saturated rings. The van der Waals surface area contributed by atoms with Gasteiger partial charge in [0.2, 0.25) is 5.75 Å². The molecule has 0 spiro atoms. The fraction of sp³-hybridized carbons (Fsp3) is 0.125. The number of phenolic OH excluding ortho intramolecular Hbond substituents is 1. The minimum absolute atomic E-state index is 0.00197. The second kappa shape index (κ2) is 8.81. The number of aromatic hydroxyl groups is 1. The summed E-state index contributed by atoms with van der Waals surface area (Å²) in [7, 11) is 1.27. The lowest BCUT2D eigenvalue weighted by Gasteiger charge is -2.06. The van der Waals surface area contributed by atoms with Crippen molar-refractivity contribution in [3.8, 4) is 11.5 Å². The van der Waals surface area contributed by atoms with E-state index < -0.39 is 22.3 Å². The summed E-state index contributed by atoms with van der Waals surface area (Å²) in [6, 6.07) is 9.77. The van der Waals surface area contributed by atoms with Crippen LogP contribution in [0.3, 0.4) is 0 Å². The third kappa shape index (κ3) is 5.18. The second-order valence-corrected chi connectivity index (χ2v) is 5.92. The standard InChI is InChI=1S/C16H15BrN4O5/c1-26-14-7-10(6-13(16(14)23)21(24)25)8-19-20-15(22)9-18-12-4-2-11(17)3-5-12/h2-8,18,23H,9H2,1H3,(H,20,22)/b19-8-. The molecule has 3 N–H and O–H groups in total. The van der Waals surface area contributed by atoms with Crippen LogP contribution in [0.4, 0.5) is 11.4 Å². The Morgan fingerprint density at radius 3 is 2.69 bits per heavy atom. The Hall–Kier alpha value is -3.14. The number of hydrogen-bond donors (Lipinski definition) is 3. The first-order valence-electron chi connectivity index (χ1n) is 7.27. The number of hydrazone groups is 1. The van der Waals surface area contributed by atoms with Crippen LogP contribution in [0, 0.1) is 10.1 Å². The van der Waals surface area contributed by atoms with Crippen LogP contribution in [0.1, 0.15) is 5.56 Å². The first kappa shape index (κ1) is 19.2. The van der Waals surface area contributed by atoms with Gasteiger partial charge in [-0.3, -0.25) is 14.9 Å². The molecule has 0 aliphatic carbocycles. The van der Waals surface area contributed by atoms with Crippen LogP contribution in [0.25, 0.3) is 0 Å². The third-order valence-corrected chi connectivity index (χ3v) is 3.72. The van der Waals surface area contributed by atoms with E-state index >= 15 is 0 Å². The lowest BCUT2D eigenvalue weighted by atomic mass is 10.2. The van der Waals surface area contributed by atoms with Crippen molar-refractivity contribution in [3.05, 3.63) is 56.5 Å². The minimum atomic E-state index is -0.740. The predicted molar refractivity (Wildman–Crippen MR) is 99.7 cm³/mol. The Balaban J connectivity index is 1.96. The largest absolute Gasteiger partial charge is 0.500 e. The molecule has 9 nitrogen and oxygen atoms in total. The molecule has 0 aliphatic heterocycles. The van der Waals surface area contributed by atoms with Crippen LogP contribution in [0.2, 0.25) is 0 Å². The van der Waals surface area contributed by atoms with E-state index in [4.69, 9.17) is 4.74 Å². The number of methoxy groups -OCH3 is 1. The van der Waals surface area contributed by atoms with Gasteiger partial charge in [0.05, 0.1) is 24.8 Å². The van der Waals surface area contributed by atoms with E-state index in [-0.39, 0.29) is 17.9 Å². The molecule has 0 radical (unpaired) electrons. The number of anilines is 1. The number of hydrogen-bond acceptors (Lipinski definition) is 7. The zero-order valence-corrected chi connectivity index (χ0v) is 15.2. The van der Waals surface area contributed by atoms with E-state index in [2.05, 4.69) is 31.8 Å². The number of amides is 1. The maximum absolute atomic E-state index is 11.8. The molecule has 0 saturated carbocycles. The van der Waals surface area contributed by atoms with E-state index in [0.717, 1.165) is 16.2 Å². The number of nitrogens with zero attached hydrogens (tertiary/aromatic N) is 2. The number of carbonyl (C=O) groups excluding carboxylic acids is 1. The normalized spacial score (nSPS) is 10.5. The highest BCUT2D eigenvalue weighted by Gasteiger charge is 2.19. The lowest BCUT2D eigenvalue weighted by molar-refractivity contribution is -0.386. The van der Waals surface area contributed by atoms with Crippen molar-refractivity contribution in [2.75, 3.05) is 19.0 Å². The molecule has 2 aromatic carbocycles. The molecular weight excluding hydrogens is 408 g/mol. The molecule has 0 atom stereocenters. The van der Waals surface area contributed by atoms with E-state index in [1.807, 2.05) is 24.3 Å². The minimum Gasteiger partial charge on any atom is -0.500 e. The summed E-state index contributed by atoms with van der Waals surface area (Å²) in [4.78, 5) is 21.9. The van der Waals surface area contributed by atoms with Crippen LogP contribution in [-0.4, -0.2) is 35.8 Å².